The Hall–Kier alpha value is -3.36. The zero-order valence-electron chi connectivity index (χ0n) is 25.5. The van der Waals surface area contributed by atoms with Gasteiger partial charge in [-0.3, -0.25) is 19.2 Å². The number of methoxy groups -OCH3 is 2. The van der Waals surface area contributed by atoms with Crippen LogP contribution >= 0.6 is 15.9 Å². The number of carbonyl (C=O) groups is 4. The molecule has 0 radical (unpaired) electrons. The molecular weight excluding hydrogens is 652 g/mol. The lowest BCUT2D eigenvalue weighted by Crippen LogP contribution is -2.26. The van der Waals surface area contributed by atoms with Crippen LogP contribution in [0, 0.1) is 11.8 Å². The third-order valence-electron chi connectivity index (χ3n) is 7.31. The van der Waals surface area contributed by atoms with Crippen LogP contribution in [-0.2, 0) is 51.0 Å². The first-order valence-electron chi connectivity index (χ1n) is 14.7. The summed E-state index contributed by atoms with van der Waals surface area (Å²) in [4.78, 5) is 47.1. The predicted molar refractivity (Wildman–Crippen MR) is 166 cm³/mol. The third kappa shape index (κ3) is 10.6. The van der Waals surface area contributed by atoms with Crippen molar-refractivity contribution in [2.24, 2.45) is 11.8 Å². The fourth-order valence-electron chi connectivity index (χ4n) is 5.20. The lowest BCUT2D eigenvalue weighted by Gasteiger charge is -2.21. The Morgan fingerprint density at radius 2 is 1.42 bits per heavy atom. The molecule has 12 nitrogen and oxygen atoms in total. The minimum absolute atomic E-state index is 0.0586. The standard InChI is InChI=1S/C16H19NO5.C9H7BrO2.C7H13NO3/c1-20-10-21-8-11-4-16(19)17(7-11)13-2-3-15-12(5-13)6-14(18)9-22-15;10-7-1-2-9-6(3-7)4-8(11)5-12-9;1-10-5-11-4-6-2-7(9)8-3-6/h2-3,5,11H,4,6-10H2,1H3;1-3H,4-5H2;6H,2-5H2,1H3,(H,8,9)/t11-;;6-/m0.0/s1. The molecule has 4 heterocycles. The fourth-order valence-corrected chi connectivity index (χ4v) is 5.61. The van der Waals surface area contributed by atoms with E-state index >= 15 is 0 Å². The molecular formula is C32H39BrN2O10. The SMILES string of the molecule is COCOC[C@@H]1CNC(=O)C1.COCOC[C@H]1CC(=O)N(c2ccc3c(c2)CC(=O)CO3)C1.O=C1COc2ccc(Br)cc2C1. The van der Waals surface area contributed by atoms with E-state index in [4.69, 9.17) is 28.4 Å². The van der Waals surface area contributed by atoms with Crippen molar-refractivity contribution in [2.45, 2.75) is 25.7 Å². The van der Waals surface area contributed by atoms with Crippen molar-refractivity contribution >= 4 is 45.0 Å². The summed E-state index contributed by atoms with van der Waals surface area (Å²) >= 11 is 3.34. The number of hydrogen-bond donors (Lipinski definition) is 1. The molecule has 2 fully saturated rings. The van der Waals surface area contributed by atoms with Gasteiger partial charge in [0.15, 0.2) is 11.6 Å². The first-order valence-corrected chi connectivity index (χ1v) is 15.5. The highest BCUT2D eigenvalue weighted by Crippen LogP contribution is 2.32. The van der Waals surface area contributed by atoms with Gasteiger partial charge in [-0.1, -0.05) is 15.9 Å². The number of Topliss-reactive ketones (excluding diaryl/α,β-unsaturated/α-hetero) is 2. The molecule has 0 aromatic heterocycles. The molecule has 0 saturated carbocycles. The number of halogens is 1. The van der Waals surface area contributed by atoms with E-state index in [2.05, 4.69) is 21.2 Å². The maximum absolute atomic E-state index is 12.2. The Labute approximate surface area is 270 Å². The Morgan fingerprint density at radius 3 is 2.02 bits per heavy atom. The zero-order valence-corrected chi connectivity index (χ0v) is 27.1. The lowest BCUT2D eigenvalue weighted by atomic mass is 10.0. The van der Waals surface area contributed by atoms with Crippen LogP contribution in [0.2, 0.25) is 0 Å². The average molecular weight is 692 g/mol. The highest BCUT2D eigenvalue weighted by atomic mass is 79.9. The summed E-state index contributed by atoms with van der Waals surface area (Å²) in [5, 5.41) is 2.74. The maximum atomic E-state index is 12.2. The number of amides is 2. The summed E-state index contributed by atoms with van der Waals surface area (Å²) in [7, 11) is 3.15. The molecule has 2 aromatic rings. The van der Waals surface area contributed by atoms with E-state index in [-0.39, 0.29) is 49.3 Å². The highest BCUT2D eigenvalue weighted by molar-refractivity contribution is 9.10. The van der Waals surface area contributed by atoms with E-state index in [0.29, 0.717) is 58.2 Å². The number of benzene rings is 2. The van der Waals surface area contributed by atoms with Gasteiger partial charge in [0.25, 0.3) is 0 Å². The van der Waals surface area contributed by atoms with Gasteiger partial charge in [0, 0.05) is 86.1 Å². The van der Waals surface area contributed by atoms with E-state index in [9.17, 15) is 19.2 Å². The normalized spacial score (nSPS) is 20.1. The predicted octanol–water partition coefficient (Wildman–Crippen LogP) is 2.86. The molecule has 2 saturated heterocycles. The molecule has 2 atom stereocenters. The minimum atomic E-state index is 0.0586. The van der Waals surface area contributed by atoms with Crippen molar-refractivity contribution in [3.05, 3.63) is 52.0 Å². The summed E-state index contributed by atoms with van der Waals surface area (Å²) in [6.45, 7) is 3.37. The Bertz CT molecular complexity index is 1350. The van der Waals surface area contributed by atoms with Crippen molar-refractivity contribution < 1.29 is 47.6 Å². The molecule has 6 rings (SSSR count). The molecule has 4 aliphatic rings. The molecule has 2 aromatic carbocycles. The number of fused-ring (bicyclic) bond motifs is 2. The number of ketones is 2. The number of hydrogen-bond acceptors (Lipinski definition) is 10. The Kier molecular flexibility index (Phi) is 13.3. The first-order chi connectivity index (χ1) is 21.7. The third-order valence-corrected chi connectivity index (χ3v) is 7.80. The quantitative estimate of drug-likeness (QED) is 0.309. The largest absolute Gasteiger partial charge is 0.486 e. The molecule has 45 heavy (non-hydrogen) atoms. The molecule has 13 heteroatoms. The second-order valence-electron chi connectivity index (χ2n) is 11.1. The van der Waals surface area contributed by atoms with Crippen molar-refractivity contribution in [1.82, 2.24) is 5.32 Å². The lowest BCUT2D eigenvalue weighted by molar-refractivity contribution is -0.122. The summed E-state index contributed by atoms with van der Waals surface area (Å²) in [6, 6.07) is 11.3. The summed E-state index contributed by atoms with van der Waals surface area (Å²) in [5.41, 5.74) is 2.64. The smallest absolute Gasteiger partial charge is 0.227 e. The molecule has 4 aliphatic heterocycles. The van der Waals surface area contributed by atoms with E-state index in [1.807, 2.05) is 36.4 Å². The number of ether oxygens (including phenoxy) is 6. The van der Waals surface area contributed by atoms with Crippen molar-refractivity contribution in [2.75, 3.05) is 72.2 Å². The fraction of sp³-hybridized carbons (Fsp3) is 0.500. The average Bonchev–Trinajstić information content (AvgIpc) is 3.61. The number of anilines is 1. The van der Waals surface area contributed by atoms with Crippen molar-refractivity contribution in [3.63, 3.8) is 0 Å². The second-order valence-corrected chi connectivity index (χ2v) is 12.0. The van der Waals surface area contributed by atoms with Gasteiger partial charge in [-0.15, -0.1) is 0 Å². The van der Waals surface area contributed by atoms with Gasteiger partial charge in [-0.25, -0.2) is 0 Å². The first kappa shape index (κ1) is 34.5. The van der Waals surface area contributed by atoms with Crippen LogP contribution in [-0.4, -0.2) is 90.7 Å². The second kappa shape index (κ2) is 17.4. The van der Waals surface area contributed by atoms with Crippen LogP contribution < -0.4 is 19.7 Å². The summed E-state index contributed by atoms with van der Waals surface area (Å²) < 4.78 is 31.6. The molecule has 0 unspecified atom stereocenters. The van der Waals surface area contributed by atoms with E-state index < -0.39 is 0 Å². The van der Waals surface area contributed by atoms with Crippen LogP contribution in [0.4, 0.5) is 5.69 Å². The summed E-state index contributed by atoms with van der Waals surface area (Å²) in [5.74, 6) is 2.45. The summed E-state index contributed by atoms with van der Waals surface area (Å²) in [6.07, 6.45) is 1.92. The number of carbonyl (C=O) groups excluding carboxylic acids is 4. The van der Waals surface area contributed by atoms with Gasteiger partial charge in [-0.2, -0.15) is 0 Å². The van der Waals surface area contributed by atoms with Gasteiger partial charge in [0.1, 0.15) is 38.3 Å². The number of nitrogens with one attached hydrogen (secondary N) is 1. The van der Waals surface area contributed by atoms with E-state index in [1.165, 1.54) is 0 Å². The Morgan fingerprint density at radius 1 is 0.822 bits per heavy atom. The maximum Gasteiger partial charge on any atom is 0.227 e. The molecule has 2 amide bonds. The van der Waals surface area contributed by atoms with Gasteiger partial charge >= 0.3 is 0 Å². The molecule has 0 bridgehead atoms. The van der Waals surface area contributed by atoms with Gasteiger partial charge < -0.3 is 38.6 Å². The molecule has 0 aliphatic carbocycles. The Balaban J connectivity index is 0.000000169. The zero-order chi connectivity index (χ0) is 32.2. The minimum Gasteiger partial charge on any atom is -0.486 e. The molecule has 1 N–H and O–H groups in total. The van der Waals surface area contributed by atoms with Crippen LogP contribution in [0.5, 0.6) is 11.5 Å². The van der Waals surface area contributed by atoms with Crippen LogP contribution in [0.25, 0.3) is 0 Å². The van der Waals surface area contributed by atoms with E-state index in [1.54, 1.807) is 19.1 Å². The topological polar surface area (TPSA) is 139 Å². The number of nitrogens with zero attached hydrogens (tertiary/aromatic N) is 1. The molecule has 0 spiro atoms. The molecule has 244 valence electrons. The van der Waals surface area contributed by atoms with E-state index in [0.717, 1.165) is 39.3 Å². The van der Waals surface area contributed by atoms with Crippen molar-refractivity contribution in [3.8, 4) is 11.5 Å². The van der Waals surface area contributed by atoms with Crippen LogP contribution in [0.1, 0.15) is 24.0 Å². The van der Waals surface area contributed by atoms with Crippen LogP contribution in [0.15, 0.2) is 40.9 Å². The van der Waals surface area contributed by atoms with Crippen molar-refractivity contribution in [1.29, 1.82) is 0 Å². The van der Waals surface area contributed by atoms with Gasteiger partial charge in [0.2, 0.25) is 11.8 Å². The number of rotatable bonds is 9. The van der Waals surface area contributed by atoms with Gasteiger partial charge in [-0.05, 0) is 36.4 Å². The van der Waals surface area contributed by atoms with Gasteiger partial charge in [0.05, 0.1) is 13.2 Å². The monoisotopic (exact) mass is 690 g/mol. The van der Waals surface area contributed by atoms with Crippen LogP contribution in [0.3, 0.4) is 0 Å². The highest BCUT2D eigenvalue weighted by Gasteiger charge is 2.31.